The molecule has 3 nitrogen and oxygen atoms in total. The summed E-state index contributed by atoms with van der Waals surface area (Å²) in [5.74, 6) is 0.582. The predicted octanol–water partition coefficient (Wildman–Crippen LogP) is 1.84. The van der Waals surface area contributed by atoms with Crippen LogP contribution in [0.1, 0.15) is 26.3 Å². The second-order valence-electron chi connectivity index (χ2n) is 4.45. The molecule has 0 fully saturated rings. The Labute approximate surface area is 92.1 Å². The molecule has 3 heteroatoms. The van der Waals surface area contributed by atoms with E-state index in [1.54, 1.807) is 6.20 Å². The van der Waals surface area contributed by atoms with Crippen molar-refractivity contribution >= 4 is 5.69 Å². The molecule has 0 aliphatic heterocycles. The first-order chi connectivity index (χ1) is 7.09. The fraction of sp³-hybridized carbons (Fsp3) is 0.583. The van der Waals surface area contributed by atoms with E-state index >= 15 is 0 Å². The van der Waals surface area contributed by atoms with Crippen molar-refractivity contribution in [3.05, 3.63) is 24.0 Å². The number of rotatable bonds is 5. The third-order valence-corrected chi connectivity index (χ3v) is 2.38. The van der Waals surface area contributed by atoms with Gasteiger partial charge in [0.2, 0.25) is 0 Å². The summed E-state index contributed by atoms with van der Waals surface area (Å²) in [5, 5.41) is 3.42. The number of pyridine rings is 1. The molecule has 0 bridgehead atoms. The van der Waals surface area contributed by atoms with Crippen LogP contribution in [0, 0.1) is 5.92 Å². The summed E-state index contributed by atoms with van der Waals surface area (Å²) < 4.78 is 0. The van der Waals surface area contributed by atoms with Crippen LogP contribution in [0.2, 0.25) is 0 Å². The lowest BCUT2D eigenvalue weighted by atomic mass is 10.0. The van der Waals surface area contributed by atoms with Gasteiger partial charge in [0.05, 0.1) is 0 Å². The number of nitrogen functional groups attached to an aromatic ring is 1. The number of hydrogen-bond donors (Lipinski definition) is 2. The van der Waals surface area contributed by atoms with Crippen molar-refractivity contribution in [1.82, 2.24) is 10.3 Å². The summed E-state index contributed by atoms with van der Waals surface area (Å²) in [6, 6.07) is 2.40. The zero-order valence-corrected chi connectivity index (χ0v) is 9.83. The first kappa shape index (κ1) is 12.0. The first-order valence-electron chi connectivity index (χ1n) is 5.51. The Morgan fingerprint density at radius 3 is 2.73 bits per heavy atom. The van der Waals surface area contributed by atoms with Gasteiger partial charge in [-0.25, -0.2) is 0 Å². The number of aromatic nitrogens is 1. The van der Waals surface area contributed by atoms with Gasteiger partial charge >= 0.3 is 0 Å². The van der Waals surface area contributed by atoms with Gasteiger partial charge in [-0.15, -0.1) is 0 Å². The average Bonchev–Trinajstić information content (AvgIpc) is 2.18. The first-order valence-corrected chi connectivity index (χ1v) is 5.51. The highest BCUT2D eigenvalue weighted by atomic mass is 14.9. The van der Waals surface area contributed by atoms with Crippen LogP contribution in [-0.2, 0) is 6.42 Å². The molecule has 1 heterocycles. The molecule has 0 spiro atoms. The fourth-order valence-electron chi connectivity index (χ4n) is 1.49. The van der Waals surface area contributed by atoms with E-state index in [0.717, 1.165) is 24.2 Å². The molecule has 0 aliphatic rings. The SMILES string of the molecule is CC(CNC(C)C)Cc1cnccc1N. The minimum absolute atomic E-state index is 0.540. The Bertz CT molecular complexity index is 297. The van der Waals surface area contributed by atoms with Crippen molar-refractivity contribution in [1.29, 1.82) is 0 Å². The van der Waals surface area contributed by atoms with Crippen molar-refractivity contribution < 1.29 is 0 Å². The molecule has 1 atom stereocenters. The summed E-state index contributed by atoms with van der Waals surface area (Å²) in [5.41, 5.74) is 7.86. The van der Waals surface area contributed by atoms with E-state index in [-0.39, 0.29) is 0 Å². The lowest BCUT2D eigenvalue weighted by molar-refractivity contribution is 0.476. The van der Waals surface area contributed by atoms with Crippen LogP contribution in [0.4, 0.5) is 5.69 Å². The monoisotopic (exact) mass is 207 g/mol. The van der Waals surface area contributed by atoms with Gasteiger partial charge in [-0.1, -0.05) is 20.8 Å². The Morgan fingerprint density at radius 1 is 1.40 bits per heavy atom. The zero-order chi connectivity index (χ0) is 11.3. The molecule has 0 amide bonds. The lowest BCUT2D eigenvalue weighted by Gasteiger charge is -2.15. The van der Waals surface area contributed by atoms with Gasteiger partial charge in [0.25, 0.3) is 0 Å². The molecular formula is C12H21N3. The third-order valence-electron chi connectivity index (χ3n) is 2.38. The van der Waals surface area contributed by atoms with E-state index in [1.807, 2.05) is 12.3 Å². The molecule has 0 saturated carbocycles. The van der Waals surface area contributed by atoms with Gasteiger partial charge in [-0.3, -0.25) is 4.98 Å². The molecule has 1 rings (SSSR count). The van der Waals surface area contributed by atoms with Crippen molar-refractivity contribution in [2.24, 2.45) is 5.92 Å². The molecule has 1 aromatic rings. The van der Waals surface area contributed by atoms with Gasteiger partial charge in [0.1, 0.15) is 0 Å². The van der Waals surface area contributed by atoms with Crippen LogP contribution < -0.4 is 11.1 Å². The largest absolute Gasteiger partial charge is 0.398 e. The van der Waals surface area contributed by atoms with Gasteiger partial charge < -0.3 is 11.1 Å². The number of nitrogens with two attached hydrogens (primary N) is 1. The van der Waals surface area contributed by atoms with Gasteiger partial charge in [0, 0.05) is 24.1 Å². The van der Waals surface area contributed by atoms with Crippen molar-refractivity contribution in [3.63, 3.8) is 0 Å². The van der Waals surface area contributed by atoms with Crippen molar-refractivity contribution in [2.45, 2.75) is 33.2 Å². The summed E-state index contributed by atoms with van der Waals surface area (Å²) in [4.78, 5) is 4.09. The number of anilines is 1. The minimum atomic E-state index is 0.540. The molecule has 0 radical (unpaired) electrons. The Balaban J connectivity index is 2.44. The smallest absolute Gasteiger partial charge is 0.0377 e. The second-order valence-corrected chi connectivity index (χ2v) is 4.45. The van der Waals surface area contributed by atoms with E-state index in [9.17, 15) is 0 Å². The maximum Gasteiger partial charge on any atom is 0.0377 e. The summed E-state index contributed by atoms with van der Waals surface area (Å²) >= 11 is 0. The maximum absolute atomic E-state index is 5.86. The predicted molar refractivity (Wildman–Crippen MR) is 64.7 cm³/mol. The number of hydrogen-bond acceptors (Lipinski definition) is 3. The van der Waals surface area contributed by atoms with Crippen LogP contribution in [0.3, 0.4) is 0 Å². The van der Waals surface area contributed by atoms with Gasteiger partial charge in [0.15, 0.2) is 0 Å². The Hall–Kier alpha value is -1.09. The molecular weight excluding hydrogens is 186 g/mol. The van der Waals surface area contributed by atoms with E-state index in [1.165, 1.54) is 0 Å². The van der Waals surface area contributed by atoms with E-state index in [0.29, 0.717) is 12.0 Å². The van der Waals surface area contributed by atoms with Crippen molar-refractivity contribution in [2.75, 3.05) is 12.3 Å². The number of nitrogens with zero attached hydrogens (tertiary/aromatic N) is 1. The molecule has 15 heavy (non-hydrogen) atoms. The Kier molecular flexibility index (Phi) is 4.56. The van der Waals surface area contributed by atoms with Crippen LogP contribution in [0.5, 0.6) is 0 Å². The third kappa shape index (κ3) is 4.30. The molecule has 0 aromatic carbocycles. The van der Waals surface area contributed by atoms with Crippen LogP contribution >= 0.6 is 0 Å². The summed E-state index contributed by atoms with van der Waals surface area (Å²) in [6.07, 6.45) is 4.58. The summed E-state index contributed by atoms with van der Waals surface area (Å²) in [6.45, 7) is 7.56. The zero-order valence-electron chi connectivity index (χ0n) is 9.83. The number of nitrogens with one attached hydrogen (secondary N) is 1. The van der Waals surface area contributed by atoms with Gasteiger partial charge in [-0.05, 0) is 30.5 Å². The highest BCUT2D eigenvalue weighted by Crippen LogP contribution is 2.13. The van der Waals surface area contributed by atoms with E-state index in [2.05, 4.69) is 31.1 Å². The van der Waals surface area contributed by atoms with Gasteiger partial charge in [-0.2, -0.15) is 0 Å². The average molecular weight is 207 g/mol. The molecule has 3 N–H and O–H groups in total. The minimum Gasteiger partial charge on any atom is -0.398 e. The van der Waals surface area contributed by atoms with Crippen LogP contribution in [0.15, 0.2) is 18.5 Å². The normalized spacial score (nSPS) is 13.1. The maximum atomic E-state index is 5.86. The summed E-state index contributed by atoms with van der Waals surface area (Å²) in [7, 11) is 0. The Morgan fingerprint density at radius 2 is 2.13 bits per heavy atom. The molecule has 1 aromatic heterocycles. The fourth-order valence-corrected chi connectivity index (χ4v) is 1.49. The molecule has 0 saturated heterocycles. The standard InChI is InChI=1S/C12H21N3/c1-9(2)15-7-10(3)6-11-8-14-5-4-12(11)13/h4-5,8-10,15H,6-7H2,1-3H3,(H2,13,14). The molecule has 84 valence electrons. The van der Waals surface area contributed by atoms with E-state index < -0.39 is 0 Å². The van der Waals surface area contributed by atoms with Crippen LogP contribution in [0.25, 0.3) is 0 Å². The topological polar surface area (TPSA) is 50.9 Å². The van der Waals surface area contributed by atoms with E-state index in [4.69, 9.17) is 5.73 Å². The molecule has 1 unspecified atom stereocenters. The van der Waals surface area contributed by atoms with Crippen LogP contribution in [-0.4, -0.2) is 17.6 Å². The lowest BCUT2D eigenvalue weighted by Crippen LogP contribution is -2.28. The second kappa shape index (κ2) is 5.71. The quantitative estimate of drug-likeness (QED) is 0.774. The highest BCUT2D eigenvalue weighted by Gasteiger charge is 2.06. The molecule has 0 aliphatic carbocycles. The highest BCUT2D eigenvalue weighted by molar-refractivity contribution is 5.44. The van der Waals surface area contributed by atoms with Crippen molar-refractivity contribution in [3.8, 4) is 0 Å².